The summed E-state index contributed by atoms with van der Waals surface area (Å²) in [6.45, 7) is 8.05. The topological polar surface area (TPSA) is 162 Å². The lowest BCUT2D eigenvalue weighted by Crippen LogP contribution is -2.36. The lowest BCUT2D eigenvalue weighted by molar-refractivity contribution is -0.149. The number of imidazole rings is 1. The van der Waals surface area contributed by atoms with Crippen molar-refractivity contribution in [1.29, 1.82) is 0 Å². The summed E-state index contributed by atoms with van der Waals surface area (Å²) in [6.07, 6.45) is -1.10. The summed E-state index contributed by atoms with van der Waals surface area (Å²) in [5, 5.41) is 2.61. The number of nitrogens with zero attached hydrogens (tertiary/aromatic N) is 4. The highest BCUT2D eigenvalue weighted by Gasteiger charge is 2.48. The van der Waals surface area contributed by atoms with Crippen LogP contribution in [0.15, 0.2) is 36.7 Å². The number of rotatable bonds is 12. The van der Waals surface area contributed by atoms with E-state index in [0.29, 0.717) is 12.1 Å². The molecule has 13 nitrogen and oxygen atoms in total. The molecule has 15 heteroatoms. The molecule has 0 saturated carbocycles. The first kappa shape index (κ1) is 29.7. The van der Waals surface area contributed by atoms with Crippen molar-refractivity contribution in [2.45, 2.75) is 71.2 Å². The molecule has 1 aromatic carbocycles. The lowest BCUT2D eigenvalue weighted by Gasteiger charge is -2.24. The van der Waals surface area contributed by atoms with E-state index in [4.69, 9.17) is 29.0 Å². The Morgan fingerprint density at radius 1 is 1.30 bits per heavy atom. The van der Waals surface area contributed by atoms with Gasteiger partial charge in [-0.1, -0.05) is 18.2 Å². The number of benzene rings is 1. The first-order valence-electron chi connectivity index (χ1n) is 12.9. The number of halogens is 1. The third kappa shape index (κ3) is 6.87. The Bertz CT molecular complexity index is 1370. The molecule has 40 heavy (non-hydrogen) atoms. The number of nitrogen functional groups attached to an aromatic ring is 1. The van der Waals surface area contributed by atoms with Gasteiger partial charge >= 0.3 is 13.7 Å². The molecule has 1 aliphatic rings. The number of nitrogens with two attached hydrogens (primary N) is 1. The minimum Gasteiger partial charge on any atom is -0.476 e. The van der Waals surface area contributed by atoms with Crippen molar-refractivity contribution >= 4 is 30.8 Å². The third-order valence-electron chi connectivity index (χ3n) is 5.86. The van der Waals surface area contributed by atoms with E-state index in [1.54, 1.807) is 51.1 Å². The van der Waals surface area contributed by atoms with Crippen LogP contribution in [0.25, 0.3) is 11.2 Å². The SMILES string of the molecule is CCOc1nc(N)nc2c1ncn2[C@@H]1OC(COP(=O)(NC(C)C(=O)OC(C)C)Oc2ccccc2)C[C@@]1(C)F. The van der Waals surface area contributed by atoms with Gasteiger partial charge in [0, 0.05) is 6.42 Å². The van der Waals surface area contributed by atoms with E-state index in [9.17, 15) is 9.36 Å². The number of esters is 1. The van der Waals surface area contributed by atoms with Crippen molar-refractivity contribution in [3.8, 4) is 11.6 Å². The normalized spacial score (nSPS) is 23.2. The van der Waals surface area contributed by atoms with E-state index < -0.39 is 37.8 Å². The molecule has 3 aromatic rings. The molecule has 1 fully saturated rings. The Morgan fingerprint density at radius 3 is 2.70 bits per heavy atom. The molecule has 0 amide bonds. The number of carbonyl (C=O) groups is 1. The van der Waals surface area contributed by atoms with Gasteiger partial charge in [0.15, 0.2) is 23.1 Å². The van der Waals surface area contributed by atoms with Gasteiger partial charge in [0.2, 0.25) is 11.8 Å². The highest BCUT2D eigenvalue weighted by molar-refractivity contribution is 7.52. The van der Waals surface area contributed by atoms with Gasteiger partial charge in [-0.2, -0.15) is 15.1 Å². The van der Waals surface area contributed by atoms with Gasteiger partial charge in [-0.15, -0.1) is 0 Å². The fourth-order valence-corrected chi connectivity index (χ4v) is 5.72. The van der Waals surface area contributed by atoms with Crippen molar-refractivity contribution < 1.29 is 37.0 Å². The summed E-state index contributed by atoms with van der Waals surface area (Å²) in [7, 11) is -4.15. The zero-order chi connectivity index (χ0) is 29.1. The van der Waals surface area contributed by atoms with Crippen LogP contribution >= 0.6 is 7.75 Å². The second-order valence-electron chi connectivity index (χ2n) is 9.77. The molecular weight excluding hydrogens is 546 g/mol. The third-order valence-corrected chi connectivity index (χ3v) is 7.50. The minimum atomic E-state index is -4.15. The quantitative estimate of drug-likeness (QED) is 0.235. The van der Waals surface area contributed by atoms with E-state index in [-0.39, 0.29) is 42.4 Å². The molecule has 218 valence electrons. The molecule has 2 aromatic heterocycles. The van der Waals surface area contributed by atoms with E-state index in [1.165, 1.54) is 24.7 Å². The van der Waals surface area contributed by atoms with Crippen LogP contribution in [0.5, 0.6) is 11.6 Å². The summed E-state index contributed by atoms with van der Waals surface area (Å²) < 4.78 is 59.1. The van der Waals surface area contributed by atoms with Crippen LogP contribution in [0.3, 0.4) is 0 Å². The number of ether oxygens (including phenoxy) is 3. The van der Waals surface area contributed by atoms with E-state index in [2.05, 4.69) is 20.0 Å². The van der Waals surface area contributed by atoms with E-state index in [1.807, 2.05) is 0 Å². The fourth-order valence-electron chi connectivity index (χ4n) is 4.20. The predicted octanol–water partition coefficient (Wildman–Crippen LogP) is 3.96. The average molecular weight is 581 g/mol. The van der Waals surface area contributed by atoms with Gasteiger partial charge in [-0.05, 0) is 46.8 Å². The summed E-state index contributed by atoms with van der Waals surface area (Å²) in [5.41, 5.74) is 4.50. The molecule has 0 radical (unpaired) electrons. The van der Waals surface area contributed by atoms with Crippen molar-refractivity contribution in [2.75, 3.05) is 18.9 Å². The number of alkyl halides is 1. The van der Waals surface area contributed by atoms with Crippen LogP contribution < -0.4 is 20.1 Å². The Morgan fingerprint density at radius 2 is 2.02 bits per heavy atom. The first-order chi connectivity index (χ1) is 18.9. The lowest BCUT2D eigenvalue weighted by atomic mass is 10.0. The Kier molecular flexibility index (Phi) is 8.93. The minimum absolute atomic E-state index is 0.0636. The van der Waals surface area contributed by atoms with Crippen molar-refractivity contribution in [1.82, 2.24) is 24.6 Å². The number of fused-ring (bicyclic) bond motifs is 1. The molecule has 3 heterocycles. The Hall–Kier alpha value is -3.32. The van der Waals surface area contributed by atoms with E-state index >= 15 is 4.39 Å². The zero-order valence-corrected chi connectivity index (χ0v) is 23.8. The molecule has 5 atom stereocenters. The van der Waals surface area contributed by atoms with Crippen LogP contribution in [0.2, 0.25) is 0 Å². The zero-order valence-electron chi connectivity index (χ0n) is 22.9. The maximum atomic E-state index is 15.9. The van der Waals surface area contributed by atoms with Crippen LogP contribution in [-0.4, -0.2) is 62.6 Å². The molecule has 0 bridgehead atoms. The number of anilines is 1. The molecule has 4 rings (SSSR count). The predicted molar refractivity (Wildman–Crippen MR) is 143 cm³/mol. The summed E-state index contributed by atoms with van der Waals surface area (Å²) in [5.74, 6) is -0.275. The second kappa shape index (κ2) is 12.0. The second-order valence-corrected chi connectivity index (χ2v) is 11.5. The monoisotopic (exact) mass is 580 g/mol. The summed E-state index contributed by atoms with van der Waals surface area (Å²) >= 11 is 0. The number of hydrogen-bond donors (Lipinski definition) is 2. The molecule has 3 unspecified atom stereocenters. The number of hydrogen-bond acceptors (Lipinski definition) is 11. The molecule has 1 aliphatic heterocycles. The molecule has 3 N–H and O–H groups in total. The molecule has 0 aliphatic carbocycles. The van der Waals surface area contributed by atoms with Gasteiger partial charge in [-0.3, -0.25) is 13.9 Å². The standard InChI is InChI=1S/C25H34FN6O7P/c1-6-35-21-19-20(29-24(27)30-21)32(14-28-19)23-25(5,26)12-18(38-23)13-36-40(34,39-17-10-8-7-9-11-17)31-16(4)22(33)37-15(2)3/h7-11,14-16,18,23H,6,12-13H2,1-5H3,(H,31,34)(H2,27,29,30)/t16?,18?,23-,25-,40?/m1/s1. The maximum Gasteiger partial charge on any atom is 0.459 e. The van der Waals surface area contributed by atoms with E-state index in [0.717, 1.165) is 0 Å². The highest BCUT2D eigenvalue weighted by atomic mass is 31.2. The van der Waals surface area contributed by atoms with Crippen molar-refractivity contribution in [2.24, 2.45) is 0 Å². The largest absolute Gasteiger partial charge is 0.476 e. The summed E-state index contributed by atoms with van der Waals surface area (Å²) in [6, 6.07) is 7.30. The van der Waals surface area contributed by atoms with Crippen LogP contribution in [0.4, 0.5) is 10.3 Å². The van der Waals surface area contributed by atoms with Gasteiger partial charge in [0.1, 0.15) is 11.8 Å². The average Bonchev–Trinajstić information content (AvgIpc) is 3.42. The van der Waals surface area contributed by atoms with Gasteiger partial charge in [-0.25, -0.2) is 13.9 Å². The van der Waals surface area contributed by atoms with Crippen molar-refractivity contribution in [3.63, 3.8) is 0 Å². The number of carbonyl (C=O) groups excluding carboxylic acids is 1. The number of aromatic nitrogens is 4. The Labute approximate surface area is 231 Å². The number of para-hydroxylation sites is 1. The smallest absolute Gasteiger partial charge is 0.459 e. The molecule has 0 spiro atoms. The van der Waals surface area contributed by atoms with Gasteiger partial charge < -0.3 is 24.5 Å². The Balaban J connectivity index is 1.52. The summed E-state index contributed by atoms with van der Waals surface area (Å²) in [4.78, 5) is 24.9. The van der Waals surface area contributed by atoms with Crippen molar-refractivity contribution in [3.05, 3.63) is 36.7 Å². The first-order valence-corrected chi connectivity index (χ1v) is 14.4. The number of nitrogens with one attached hydrogen (secondary N) is 1. The van der Waals surface area contributed by atoms with Crippen LogP contribution in [0.1, 0.15) is 47.3 Å². The molecule has 1 saturated heterocycles. The maximum absolute atomic E-state index is 15.9. The van der Waals surface area contributed by atoms with Gasteiger partial charge in [0.05, 0.1) is 31.7 Å². The van der Waals surface area contributed by atoms with Crippen LogP contribution in [-0.2, 0) is 23.4 Å². The van der Waals surface area contributed by atoms with Gasteiger partial charge in [0.25, 0.3) is 0 Å². The fraction of sp³-hybridized carbons (Fsp3) is 0.520. The van der Waals surface area contributed by atoms with Crippen LogP contribution in [0, 0.1) is 0 Å². The highest BCUT2D eigenvalue weighted by Crippen LogP contribution is 2.48. The molecular formula is C25H34FN6O7P.